The number of rotatable bonds is 2. The van der Waals surface area contributed by atoms with Gasteiger partial charge in [0.2, 0.25) is 0 Å². The summed E-state index contributed by atoms with van der Waals surface area (Å²) in [6.07, 6.45) is 0. The van der Waals surface area contributed by atoms with Crippen molar-refractivity contribution in [3.05, 3.63) is 32.7 Å². The molecule has 1 N–H and O–H groups in total. The van der Waals surface area contributed by atoms with Crippen LogP contribution in [0.2, 0.25) is 0 Å². The SMILES string of the molecule is CC(C)C1(O)CN(C(=O)c2ccc(Br)cc2Br)C1. The first-order chi connectivity index (χ1) is 8.33. The number of carbonyl (C=O) groups excluding carboxylic acids is 1. The summed E-state index contributed by atoms with van der Waals surface area (Å²) in [5.41, 5.74) is -0.0960. The van der Waals surface area contributed by atoms with E-state index < -0.39 is 5.60 Å². The first kappa shape index (κ1) is 14.0. The lowest BCUT2D eigenvalue weighted by molar-refractivity contribution is -0.110. The van der Waals surface area contributed by atoms with E-state index >= 15 is 0 Å². The minimum Gasteiger partial charge on any atom is -0.386 e. The average molecular weight is 377 g/mol. The molecule has 1 saturated heterocycles. The molecule has 1 heterocycles. The van der Waals surface area contributed by atoms with Gasteiger partial charge in [-0.2, -0.15) is 0 Å². The summed E-state index contributed by atoms with van der Waals surface area (Å²) >= 11 is 6.74. The monoisotopic (exact) mass is 375 g/mol. The van der Waals surface area contributed by atoms with Crippen LogP contribution in [-0.2, 0) is 0 Å². The molecule has 3 nitrogen and oxygen atoms in total. The van der Waals surface area contributed by atoms with Crippen molar-refractivity contribution in [2.75, 3.05) is 13.1 Å². The first-order valence-corrected chi connectivity index (χ1v) is 7.39. The fraction of sp³-hybridized carbons (Fsp3) is 0.462. The van der Waals surface area contributed by atoms with Crippen LogP contribution >= 0.6 is 31.9 Å². The summed E-state index contributed by atoms with van der Waals surface area (Å²) in [6.45, 7) is 4.76. The molecule has 5 heteroatoms. The topological polar surface area (TPSA) is 40.5 Å². The Labute approximate surface area is 123 Å². The van der Waals surface area contributed by atoms with Crippen molar-refractivity contribution < 1.29 is 9.90 Å². The predicted molar refractivity (Wildman–Crippen MR) is 77.5 cm³/mol. The third-order valence-corrected chi connectivity index (χ3v) is 4.60. The van der Waals surface area contributed by atoms with E-state index in [2.05, 4.69) is 31.9 Å². The second-order valence-electron chi connectivity index (χ2n) is 5.04. The molecular formula is C13H15Br2NO2. The zero-order valence-electron chi connectivity index (χ0n) is 10.3. The van der Waals surface area contributed by atoms with Crippen molar-refractivity contribution in [2.45, 2.75) is 19.4 Å². The number of hydrogen-bond acceptors (Lipinski definition) is 2. The normalized spacial score (nSPS) is 17.8. The second kappa shape index (κ2) is 4.94. The fourth-order valence-electron chi connectivity index (χ4n) is 1.96. The largest absolute Gasteiger partial charge is 0.386 e. The Hall–Kier alpha value is -0.390. The summed E-state index contributed by atoms with van der Waals surface area (Å²) in [7, 11) is 0. The van der Waals surface area contributed by atoms with Crippen molar-refractivity contribution >= 4 is 37.8 Å². The minimum absolute atomic E-state index is 0.0419. The van der Waals surface area contributed by atoms with Crippen LogP contribution in [0, 0.1) is 5.92 Å². The zero-order valence-corrected chi connectivity index (χ0v) is 13.5. The van der Waals surface area contributed by atoms with Gasteiger partial charge >= 0.3 is 0 Å². The molecule has 18 heavy (non-hydrogen) atoms. The quantitative estimate of drug-likeness (QED) is 0.861. The third-order valence-electron chi connectivity index (χ3n) is 3.45. The number of likely N-dealkylation sites (tertiary alicyclic amines) is 1. The number of aliphatic hydroxyl groups is 1. The Morgan fingerprint density at radius 2 is 2.00 bits per heavy atom. The van der Waals surface area contributed by atoms with Gasteiger partial charge in [0.25, 0.3) is 5.91 Å². The molecule has 0 unspecified atom stereocenters. The van der Waals surface area contributed by atoms with Gasteiger partial charge in [-0.05, 0) is 40.0 Å². The number of halogens is 2. The average Bonchev–Trinajstić information content (AvgIpc) is 2.23. The van der Waals surface area contributed by atoms with Crippen molar-refractivity contribution in [3.63, 3.8) is 0 Å². The van der Waals surface area contributed by atoms with Gasteiger partial charge in [-0.15, -0.1) is 0 Å². The maximum absolute atomic E-state index is 12.2. The number of hydrogen-bond donors (Lipinski definition) is 1. The first-order valence-electron chi connectivity index (χ1n) is 5.80. The molecule has 1 fully saturated rings. The molecule has 0 bridgehead atoms. The molecule has 0 aromatic heterocycles. The number of β-amino-alcohol motifs (C(OH)–C–C–N with tert-alkyl or cyclic N) is 1. The molecule has 1 amide bonds. The highest BCUT2D eigenvalue weighted by atomic mass is 79.9. The van der Waals surface area contributed by atoms with Crippen LogP contribution in [0.5, 0.6) is 0 Å². The summed E-state index contributed by atoms with van der Waals surface area (Å²) < 4.78 is 1.69. The summed E-state index contributed by atoms with van der Waals surface area (Å²) in [6, 6.07) is 5.47. The highest BCUT2D eigenvalue weighted by molar-refractivity contribution is 9.11. The standard InChI is InChI=1S/C13H15Br2NO2/c1-8(2)13(18)6-16(7-13)12(17)10-4-3-9(14)5-11(10)15/h3-5,8,18H,6-7H2,1-2H3. The van der Waals surface area contributed by atoms with Crippen LogP contribution in [0.3, 0.4) is 0 Å². The smallest absolute Gasteiger partial charge is 0.255 e. The lowest BCUT2D eigenvalue weighted by Crippen LogP contribution is -2.66. The van der Waals surface area contributed by atoms with Gasteiger partial charge in [-0.3, -0.25) is 4.79 Å². The maximum Gasteiger partial charge on any atom is 0.255 e. The molecule has 1 aromatic carbocycles. The van der Waals surface area contributed by atoms with Crippen LogP contribution in [0.1, 0.15) is 24.2 Å². The van der Waals surface area contributed by atoms with Crippen molar-refractivity contribution in [3.8, 4) is 0 Å². The lowest BCUT2D eigenvalue weighted by atomic mass is 9.82. The molecule has 1 aliphatic heterocycles. The van der Waals surface area contributed by atoms with E-state index in [1.165, 1.54) is 0 Å². The van der Waals surface area contributed by atoms with Gasteiger partial charge < -0.3 is 10.0 Å². The van der Waals surface area contributed by atoms with Gasteiger partial charge in [0.15, 0.2) is 0 Å². The van der Waals surface area contributed by atoms with Gasteiger partial charge in [0, 0.05) is 8.95 Å². The highest BCUT2D eigenvalue weighted by Gasteiger charge is 2.46. The molecular weight excluding hydrogens is 362 g/mol. The van der Waals surface area contributed by atoms with E-state index in [0.717, 1.165) is 8.95 Å². The van der Waals surface area contributed by atoms with Crippen molar-refractivity contribution in [1.29, 1.82) is 0 Å². The molecule has 98 valence electrons. The third kappa shape index (κ3) is 2.49. The summed E-state index contributed by atoms with van der Waals surface area (Å²) in [4.78, 5) is 13.9. The molecule has 0 atom stereocenters. The van der Waals surface area contributed by atoms with Gasteiger partial charge in [0.05, 0.1) is 18.7 Å². The van der Waals surface area contributed by atoms with E-state index in [0.29, 0.717) is 18.7 Å². The number of carbonyl (C=O) groups is 1. The summed E-state index contributed by atoms with van der Waals surface area (Å²) in [5.74, 6) is 0.120. The number of benzene rings is 1. The van der Waals surface area contributed by atoms with Crippen LogP contribution in [0.15, 0.2) is 27.1 Å². The van der Waals surface area contributed by atoms with Crippen LogP contribution in [0.4, 0.5) is 0 Å². The molecule has 0 radical (unpaired) electrons. The molecule has 0 saturated carbocycles. The minimum atomic E-state index is -0.725. The highest BCUT2D eigenvalue weighted by Crippen LogP contribution is 2.31. The Bertz CT molecular complexity index is 482. The molecule has 2 rings (SSSR count). The number of nitrogens with zero attached hydrogens (tertiary/aromatic N) is 1. The predicted octanol–water partition coefficient (Wildman–Crippen LogP) is 3.05. The zero-order chi connectivity index (χ0) is 13.5. The van der Waals surface area contributed by atoms with E-state index in [1.807, 2.05) is 26.0 Å². The fourth-order valence-corrected chi connectivity index (χ4v) is 3.17. The second-order valence-corrected chi connectivity index (χ2v) is 6.81. The van der Waals surface area contributed by atoms with Crippen molar-refractivity contribution in [2.24, 2.45) is 5.92 Å². The maximum atomic E-state index is 12.2. The van der Waals surface area contributed by atoms with Gasteiger partial charge in [0.1, 0.15) is 5.60 Å². The van der Waals surface area contributed by atoms with E-state index in [-0.39, 0.29) is 11.8 Å². The van der Waals surface area contributed by atoms with Crippen LogP contribution in [-0.4, -0.2) is 34.6 Å². The Morgan fingerprint density at radius 1 is 1.39 bits per heavy atom. The van der Waals surface area contributed by atoms with E-state index in [4.69, 9.17) is 0 Å². The molecule has 0 spiro atoms. The Balaban J connectivity index is 2.11. The molecule has 1 aliphatic rings. The molecule has 1 aromatic rings. The number of amides is 1. The Kier molecular flexibility index (Phi) is 3.85. The lowest BCUT2D eigenvalue weighted by Gasteiger charge is -2.49. The van der Waals surface area contributed by atoms with Crippen LogP contribution in [0.25, 0.3) is 0 Å². The molecule has 0 aliphatic carbocycles. The van der Waals surface area contributed by atoms with Gasteiger partial charge in [-0.1, -0.05) is 29.8 Å². The summed E-state index contributed by atoms with van der Waals surface area (Å²) in [5, 5.41) is 10.2. The van der Waals surface area contributed by atoms with Gasteiger partial charge in [-0.25, -0.2) is 0 Å². The van der Waals surface area contributed by atoms with Crippen LogP contribution < -0.4 is 0 Å². The van der Waals surface area contributed by atoms with E-state index in [9.17, 15) is 9.90 Å². The van der Waals surface area contributed by atoms with E-state index in [1.54, 1.807) is 11.0 Å². The Morgan fingerprint density at radius 3 is 2.50 bits per heavy atom. The van der Waals surface area contributed by atoms with Crippen molar-refractivity contribution in [1.82, 2.24) is 4.90 Å².